The first-order valence-corrected chi connectivity index (χ1v) is 11.1. The van der Waals surface area contributed by atoms with Crippen molar-refractivity contribution in [3.63, 3.8) is 0 Å². The van der Waals surface area contributed by atoms with E-state index in [0.29, 0.717) is 25.9 Å². The quantitative estimate of drug-likeness (QED) is 0.417. The number of methoxy groups -OCH3 is 1. The number of non-ortho nitro benzene ring substituents is 1. The van der Waals surface area contributed by atoms with E-state index in [1.165, 1.54) is 29.6 Å². The van der Waals surface area contributed by atoms with Crippen LogP contribution in [0.2, 0.25) is 0 Å². The molecule has 0 radical (unpaired) electrons. The van der Waals surface area contributed by atoms with Crippen molar-refractivity contribution in [2.45, 2.75) is 17.7 Å². The minimum atomic E-state index is -3.88. The molecule has 0 unspecified atom stereocenters. The highest BCUT2D eigenvalue weighted by Crippen LogP contribution is 2.32. The molecule has 0 saturated carbocycles. The summed E-state index contributed by atoms with van der Waals surface area (Å²) in [6, 6.07) is 6.78. The standard InChI is InChI=1S/C19H20N4O9S/c1-31-17-6-4-13(22(25)26)10-15(17)20-19(24)12-32-18-7-5-14(11-16(18)23(27)28)33(29,30)21-8-2-3-9-21/h4-7,10-11H,2-3,8-9,12H2,1H3,(H,20,24). The summed E-state index contributed by atoms with van der Waals surface area (Å²) in [6.45, 7) is 0.0102. The molecule has 1 heterocycles. The molecule has 0 bridgehead atoms. The fraction of sp³-hybridized carbons (Fsp3) is 0.316. The Morgan fingerprint density at radius 3 is 2.33 bits per heavy atom. The van der Waals surface area contributed by atoms with Gasteiger partial charge in [-0.15, -0.1) is 0 Å². The largest absolute Gasteiger partial charge is 0.495 e. The smallest absolute Gasteiger partial charge is 0.312 e. The van der Waals surface area contributed by atoms with Crippen LogP contribution in [0.4, 0.5) is 17.1 Å². The van der Waals surface area contributed by atoms with Crippen molar-refractivity contribution >= 4 is 33.0 Å². The molecule has 1 N–H and O–H groups in total. The normalized spacial score (nSPS) is 14.0. The molecule has 0 spiro atoms. The van der Waals surface area contributed by atoms with Gasteiger partial charge >= 0.3 is 5.69 Å². The summed E-state index contributed by atoms with van der Waals surface area (Å²) < 4.78 is 36.9. The van der Waals surface area contributed by atoms with Gasteiger partial charge < -0.3 is 14.8 Å². The number of anilines is 1. The maximum atomic E-state index is 12.7. The number of nitrogens with one attached hydrogen (secondary N) is 1. The third kappa shape index (κ3) is 5.35. The lowest BCUT2D eigenvalue weighted by Gasteiger charge is -2.16. The zero-order valence-electron chi connectivity index (χ0n) is 17.4. The van der Waals surface area contributed by atoms with Crippen molar-refractivity contribution in [1.82, 2.24) is 4.31 Å². The minimum Gasteiger partial charge on any atom is -0.495 e. The van der Waals surface area contributed by atoms with Crippen LogP contribution >= 0.6 is 0 Å². The number of nitrogens with zero attached hydrogens (tertiary/aromatic N) is 3. The maximum Gasteiger partial charge on any atom is 0.312 e. The number of nitro groups is 2. The van der Waals surface area contributed by atoms with Crippen LogP contribution in [0.5, 0.6) is 11.5 Å². The average Bonchev–Trinajstić information content (AvgIpc) is 3.33. The van der Waals surface area contributed by atoms with Gasteiger partial charge in [0.15, 0.2) is 12.4 Å². The average molecular weight is 480 g/mol. The Hall–Kier alpha value is -3.78. The van der Waals surface area contributed by atoms with Crippen molar-refractivity contribution in [1.29, 1.82) is 0 Å². The summed E-state index contributed by atoms with van der Waals surface area (Å²) in [5.41, 5.74) is -0.879. The number of carbonyl (C=O) groups excluding carboxylic acids is 1. The molecule has 14 heteroatoms. The molecule has 1 saturated heterocycles. The van der Waals surface area contributed by atoms with Gasteiger partial charge in [0.25, 0.3) is 11.6 Å². The Bertz CT molecular complexity index is 1190. The number of ether oxygens (including phenoxy) is 2. The van der Waals surface area contributed by atoms with E-state index in [9.17, 15) is 33.4 Å². The molecular formula is C19H20N4O9S. The Balaban J connectivity index is 1.76. The summed E-state index contributed by atoms with van der Waals surface area (Å²) in [4.78, 5) is 33.0. The van der Waals surface area contributed by atoms with Gasteiger partial charge in [0.2, 0.25) is 10.0 Å². The molecule has 176 valence electrons. The van der Waals surface area contributed by atoms with E-state index >= 15 is 0 Å². The Kier molecular flexibility index (Phi) is 7.08. The maximum absolute atomic E-state index is 12.7. The Morgan fingerprint density at radius 2 is 1.73 bits per heavy atom. The third-order valence-electron chi connectivity index (χ3n) is 4.86. The number of hydrogen-bond acceptors (Lipinski definition) is 9. The summed E-state index contributed by atoms with van der Waals surface area (Å²) in [5.74, 6) is -0.908. The van der Waals surface area contributed by atoms with Gasteiger partial charge in [-0.2, -0.15) is 4.31 Å². The SMILES string of the molecule is COc1ccc([N+](=O)[O-])cc1NC(=O)COc1ccc(S(=O)(=O)N2CCCC2)cc1[N+](=O)[O-]. The topological polar surface area (TPSA) is 171 Å². The van der Waals surface area contributed by atoms with Gasteiger partial charge in [-0.1, -0.05) is 0 Å². The van der Waals surface area contributed by atoms with Crippen LogP contribution in [0, 0.1) is 20.2 Å². The zero-order valence-corrected chi connectivity index (χ0v) is 18.2. The van der Waals surface area contributed by atoms with Crippen LogP contribution in [0.1, 0.15) is 12.8 Å². The predicted molar refractivity (Wildman–Crippen MR) is 115 cm³/mol. The summed E-state index contributed by atoms with van der Waals surface area (Å²) in [7, 11) is -2.56. The van der Waals surface area contributed by atoms with Crippen LogP contribution in [-0.4, -0.2) is 55.3 Å². The fourth-order valence-electron chi connectivity index (χ4n) is 3.24. The Morgan fingerprint density at radius 1 is 1.06 bits per heavy atom. The lowest BCUT2D eigenvalue weighted by atomic mass is 10.2. The molecule has 2 aromatic carbocycles. The number of amides is 1. The minimum absolute atomic E-state index is 0.0156. The Labute approximate surface area is 188 Å². The van der Waals surface area contributed by atoms with E-state index < -0.39 is 38.1 Å². The molecule has 0 aromatic heterocycles. The predicted octanol–water partition coefficient (Wildman–Crippen LogP) is 2.31. The fourth-order valence-corrected chi connectivity index (χ4v) is 4.77. The van der Waals surface area contributed by atoms with Crippen LogP contribution in [0.15, 0.2) is 41.3 Å². The van der Waals surface area contributed by atoms with Gasteiger partial charge in [-0.25, -0.2) is 8.42 Å². The second-order valence-electron chi connectivity index (χ2n) is 6.98. The molecule has 0 aliphatic carbocycles. The van der Waals surface area contributed by atoms with Crippen molar-refractivity contribution in [2.24, 2.45) is 0 Å². The van der Waals surface area contributed by atoms with E-state index in [-0.39, 0.29) is 27.8 Å². The number of nitro benzene ring substituents is 2. The van der Waals surface area contributed by atoms with E-state index in [1.54, 1.807) is 0 Å². The number of sulfonamides is 1. The molecule has 13 nitrogen and oxygen atoms in total. The molecule has 33 heavy (non-hydrogen) atoms. The lowest BCUT2D eigenvalue weighted by molar-refractivity contribution is -0.386. The molecule has 3 rings (SSSR count). The summed E-state index contributed by atoms with van der Waals surface area (Å²) in [5, 5.41) is 24.8. The molecule has 1 fully saturated rings. The first kappa shape index (κ1) is 23.9. The highest BCUT2D eigenvalue weighted by Gasteiger charge is 2.30. The molecule has 0 atom stereocenters. The second kappa shape index (κ2) is 9.79. The molecule has 1 amide bonds. The monoisotopic (exact) mass is 480 g/mol. The van der Waals surface area contributed by atoms with Gasteiger partial charge in [0.05, 0.1) is 27.5 Å². The van der Waals surface area contributed by atoms with Crippen molar-refractivity contribution in [3.8, 4) is 11.5 Å². The van der Waals surface area contributed by atoms with Crippen LogP contribution in [0.25, 0.3) is 0 Å². The third-order valence-corrected chi connectivity index (χ3v) is 6.75. The van der Waals surface area contributed by atoms with Crippen LogP contribution in [0.3, 0.4) is 0 Å². The number of hydrogen-bond donors (Lipinski definition) is 1. The zero-order chi connectivity index (χ0) is 24.2. The first-order valence-electron chi connectivity index (χ1n) is 9.67. The van der Waals surface area contributed by atoms with E-state index in [1.807, 2.05) is 0 Å². The van der Waals surface area contributed by atoms with Gasteiger partial charge in [0.1, 0.15) is 5.75 Å². The van der Waals surface area contributed by atoms with Gasteiger partial charge in [-0.3, -0.25) is 25.0 Å². The number of rotatable bonds is 9. The summed E-state index contributed by atoms with van der Waals surface area (Å²) >= 11 is 0. The molecular weight excluding hydrogens is 460 g/mol. The van der Waals surface area contributed by atoms with Gasteiger partial charge in [0, 0.05) is 31.3 Å². The molecule has 1 aliphatic rings. The van der Waals surface area contributed by atoms with Crippen molar-refractivity contribution in [2.75, 3.05) is 32.1 Å². The van der Waals surface area contributed by atoms with Gasteiger partial charge in [-0.05, 0) is 31.0 Å². The van der Waals surface area contributed by atoms with Crippen LogP contribution < -0.4 is 14.8 Å². The van der Waals surface area contributed by atoms with Crippen molar-refractivity contribution in [3.05, 3.63) is 56.6 Å². The molecule has 1 aliphatic heterocycles. The number of benzene rings is 2. The van der Waals surface area contributed by atoms with E-state index in [4.69, 9.17) is 9.47 Å². The first-order chi connectivity index (χ1) is 15.6. The summed E-state index contributed by atoms with van der Waals surface area (Å²) in [6.07, 6.45) is 1.43. The number of carbonyl (C=O) groups is 1. The van der Waals surface area contributed by atoms with E-state index in [2.05, 4.69) is 5.32 Å². The highest BCUT2D eigenvalue weighted by molar-refractivity contribution is 7.89. The van der Waals surface area contributed by atoms with E-state index in [0.717, 1.165) is 18.2 Å². The second-order valence-corrected chi connectivity index (χ2v) is 8.91. The lowest BCUT2D eigenvalue weighted by Crippen LogP contribution is -2.28. The van der Waals surface area contributed by atoms with Crippen molar-refractivity contribution < 1.29 is 32.5 Å². The highest BCUT2D eigenvalue weighted by atomic mass is 32.2. The van der Waals surface area contributed by atoms with Crippen LogP contribution in [-0.2, 0) is 14.8 Å². The molecule has 2 aromatic rings.